The molecule has 0 aromatic heterocycles. The van der Waals surface area contributed by atoms with Crippen LogP contribution in [0.4, 0.5) is 0 Å². The predicted octanol–water partition coefficient (Wildman–Crippen LogP) is 1.62. The van der Waals surface area contributed by atoms with Crippen molar-refractivity contribution in [2.24, 2.45) is 0 Å². The van der Waals surface area contributed by atoms with Gasteiger partial charge in [-0.05, 0) is 46.1 Å². The molecule has 0 aromatic carbocycles. The highest BCUT2D eigenvalue weighted by atomic mass is 16.4. The molecule has 110 valence electrons. The summed E-state index contributed by atoms with van der Waals surface area (Å²) in [4.78, 5) is 25.2. The number of amides is 1. The second-order valence-electron chi connectivity index (χ2n) is 5.71. The maximum Gasteiger partial charge on any atom is 0.323 e. The Morgan fingerprint density at radius 1 is 1.42 bits per heavy atom. The maximum atomic E-state index is 12.0. The summed E-state index contributed by atoms with van der Waals surface area (Å²) in [5, 5.41) is 12.3. The molecule has 1 aliphatic heterocycles. The second-order valence-corrected chi connectivity index (χ2v) is 5.71. The third-order valence-corrected chi connectivity index (χ3v) is 3.96. The number of carbonyl (C=O) groups excluding carboxylic acids is 1. The van der Waals surface area contributed by atoms with E-state index in [1.807, 2.05) is 6.92 Å². The minimum absolute atomic E-state index is 0.0738. The number of hydrogen-bond donors (Lipinski definition) is 2. The highest BCUT2D eigenvalue weighted by molar-refractivity contribution is 5.82. The largest absolute Gasteiger partial charge is 0.480 e. The maximum absolute atomic E-state index is 12.0. The SMILES string of the molecule is CCCC(C)NC(=O)CN1CCCCC1(C)C(=O)O. The van der Waals surface area contributed by atoms with E-state index in [0.29, 0.717) is 13.0 Å². The average molecular weight is 270 g/mol. The van der Waals surface area contributed by atoms with Crippen molar-refractivity contribution in [3.63, 3.8) is 0 Å². The lowest BCUT2D eigenvalue weighted by atomic mass is 9.88. The highest BCUT2D eigenvalue weighted by Gasteiger charge is 2.41. The number of rotatable bonds is 6. The Morgan fingerprint density at radius 2 is 2.11 bits per heavy atom. The van der Waals surface area contributed by atoms with E-state index < -0.39 is 11.5 Å². The molecule has 5 heteroatoms. The number of carbonyl (C=O) groups is 2. The van der Waals surface area contributed by atoms with Gasteiger partial charge in [-0.15, -0.1) is 0 Å². The molecule has 1 heterocycles. The lowest BCUT2D eigenvalue weighted by Gasteiger charge is -2.41. The fraction of sp³-hybridized carbons (Fsp3) is 0.857. The van der Waals surface area contributed by atoms with Gasteiger partial charge in [-0.3, -0.25) is 14.5 Å². The van der Waals surface area contributed by atoms with Crippen LogP contribution in [0.1, 0.15) is 52.9 Å². The summed E-state index contributed by atoms with van der Waals surface area (Å²) in [5.41, 5.74) is -0.899. The van der Waals surface area contributed by atoms with Crippen LogP contribution < -0.4 is 5.32 Å². The third-order valence-electron chi connectivity index (χ3n) is 3.96. The number of carboxylic acid groups (broad SMARTS) is 1. The number of nitrogens with one attached hydrogen (secondary N) is 1. The molecule has 0 saturated carbocycles. The van der Waals surface area contributed by atoms with Gasteiger partial charge in [0.1, 0.15) is 5.54 Å². The normalized spacial score (nSPS) is 25.8. The zero-order chi connectivity index (χ0) is 14.5. The summed E-state index contributed by atoms with van der Waals surface area (Å²) < 4.78 is 0. The molecular weight excluding hydrogens is 244 g/mol. The summed E-state index contributed by atoms with van der Waals surface area (Å²) in [5.74, 6) is -0.906. The predicted molar refractivity (Wildman–Crippen MR) is 74.0 cm³/mol. The van der Waals surface area contributed by atoms with E-state index >= 15 is 0 Å². The Bertz CT molecular complexity index is 333. The molecule has 2 N–H and O–H groups in total. The van der Waals surface area contributed by atoms with E-state index in [1.54, 1.807) is 11.8 Å². The zero-order valence-electron chi connectivity index (χ0n) is 12.2. The Balaban J connectivity index is 2.58. The van der Waals surface area contributed by atoms with Gasteiger partial charge in [-0.1, -0.05) is 13.3 Å². The fourth-order valence-electron chi connectivity index (χ4n) is 2.67. The van der Waals surface area contributed by atoms with Crippen LogP contribution in [0.15, 0.2) is 0 Å². The number of hydrogen-bond acceptors (Lipinski definition) is 3. The molecule has 1 amide bonds. The average Bonchev–Trinajstić information content (AvgIpc) is 2.32. The van der Waals surface area contributed by atoms with Crippen molar-refractivity contribution < 1.29 is 14.7 Å². The molecule has 0 bridgehead atoms. The molecule has 0 aliphatic carbocycles. The van der Waals surface area contributed by atoms with E-state index in [0.717, 1.165) is 25.7 Å². The first-order valence-corrected chi connectivity index (χ1v) is 7.18. The van der Waals surface area contributed by atoms with Gasteiger partial charge in [-0.25, -0.2) is 0 Å². The van der Waals surface area contributed by atoms with Crippen molar-refractivity contribution >= 4 is 11.9 Å². The Labute approximate surface area is 115 Å². The monoisotopic (exact) mass is 270 g/mol. The number of carboxylic acids is 1. The van der Waals surface area contributed by atoms with Crippen molar-refractivity contribution in [1.29, 1.82) is 0 Å². The van der Waals surface area contributed by atoms with Crippen molar-refractivity contribution in [2.75, 3.05) is 13.1 Å². The first-order chi connectivity index (χ1) is 8.90. The van der Waals surface area contributed by atoms with Gasteiger partial charge in [-0.2, -0.15) is 0 Å². The number of nitrogens with zero attached hydrogens (tertiary/aromatic N) is 1. The van der Waals surface area contributed by atoms with Gasteiger partial charge < -0.3 is 10.4 Å². The quantitative estimate of drug-likeness (QED) is 0.769. The molecule has 1 fully saturated rings. The molecular formula is C14H26N2O3. The van der Waals surface area contributed by atoms with Crippen molar-refractivity contribution in [3.8, 4) is 0 Å². The van der Waals surface area contributed by atoms with Gasteiger partial charge >= 0.3 is 5.97 Å². The zero-order valence-corrected chi connectivity index (χ0v) is 12.2. The van der Waals surface area contributed by atoms with Gasteiger partial charge in [0.15, 0.2) is 0 Å². The first-order valence-electron chi connectivity index (χ1n) is 7.18. The molecule has 0 radical (unpaired) electrons. The number of likely N-dealkylation sites (tertiary alicyclic amines) is 1. The minimum Gasteiger partial charge on any atom is -0.480 e. The van der Waals surface area contributed by atoms with E-state index in [9.17, 15) is 14.7 Å². The molecule has 1 saturated heterocycles. The lowest BCUT2D eigenvalue weighted by molar-refractivity contribution is -0.153. The molecule has 2 atom stereocenters. The van der Waals surface area contributed by atoms with Crippen LogP contribution in [-0.2, 0) is 9.59 Å². The minimum atomic E-state index is -0.899. The van der Waals surface area contributed by atoms with Crippen molar-refractivity contribution in [3.05, 3.63) is 0 Å². The third kappa shape index (κ3) is 4.20. The van der Waals surface area contributed by atoms with Gasteiger partial charge in [0, 0.05) is 6.04 Å². The second kappa shape index (κ2) is 6.89. The van der Waals surface area contributed by atoms with Crippen molar-refractivity contribution in [1.82, 2.24) is 10.2 Å². The topological polar surface area (TPSA) is 69.6 Å². The molecule has 19 heavy (non-hydrogen) atoms. The molecule has 2 unspecified atom stereocenters. The standard InChI is InChI=1S/C14H26N2O3/c1-4-7-11(2)15-12(17)10-16-9-6-5-8-14(16,3)13(18)19/h11H,4-10H2,1-3H3,(H,15,17)(H,18,19). The van der Waals surface area contributed by atoms with Crippen LogP contribution in [0, 0.1) is 0 Å². The molecule has 5 nitrogen and oxygen atoms in total. The Morgan fingerprint density at radius 3 is 2.68 bits per heavy atom. The van der Waals surface area contributed by atoms with Crippen LogP contribution in [0.3, 0.4) is 0 Å². The number of aliphatic carboxylic acids is 1. The summed E-state index contributed by atoms with van der Waals surface area (Å²) in [6.45, 7) is 6.63. The van der Waals surface area contributed by atoms with E-state index in [4.69, 9.17) is 0 Å². The fourth-order valence-corrected chi connectivity index (χ4v) is 2.67. The summed E-state index contributed by atoms with van der Waals surface area (Å²) in [7, 11) is 0. The van der Waals surface area contributed by atoms with Crippen LogP contribution >= 0.6 is 0 Å². The Hall–Kier alpha value is -1.10. The molecule has 0 spiro atoms. The van der Waals surface area contributed by atoms with Gasteiger partial charge in [0.2, 0.25) is 5.91 Å². The molecule has 1 aliphatic rings. The lowest BCUT2D eigenvalue weighted by Crippen LogP contribution is -2.58. The van der Waals surface area contributed by atoms with Crippen LogP contribution in [0.5, 0.6) is 0 Å². The summed E-state index contributed by atoms with van der Waals surface area (Å²) >= 11 is 0. The van der Waals surface area contributed by atoms with Crippen molar-refractivity contribution in [2.45, 2.75) is 64.5 Å². The van der Waals surface area contributed by atoms with Gasteiger partial charge in [0.05, 0.1) is 6.54 Å². The Kier molecular flexibility index (Phi) is 5.79. The van der Waals surface area contributed by atoms with E-state index in [2.05, 4.69) is 12.2 Å². The van der Waals surface area contributed by atoms with E-state index in [1.165, 1.54) is 0 Å². The first kappa shape index (κ1) is 16.0. The van der Waals surface area contributed by atoms with E-state index in [-0.39, 0.29) is 18.5 Å². The van der Waals surface area contributed by atoms with Crippen LogP contribution in [0.2, 0.25) is 0 Å². The number of piperidine rings is 1. The summed E-state index contributed by atoms with van der Waals surface area (Å²) in [6.07, 6.45) is 4.45. The highest BCUT2D eigenvalue weighted by Crippen LogP contribution is 2.27. The van der Waals surface area contributed by atoms with Gasteiger partial charge in [0.25, 0.3) is 0 Å². The van der Waals surface area contributed by atoms with Crippen LogP contribution in [0.25, 0.3) is 0 Å². The molecule has 1 rings (SSSR count). The van der Waals surface area contributed by atoms with Crippen LogP contribution in [-0.4, -0.2) is 46.6 Å². The summed E-state index contributed by atoms with van der Waals surface area (Å²) in [6, 6.07) is 0.151. The smallest absolute Gasteiger partial charge is 0.323 e. The molecule has 0 aromatic rings.